The van der Waals surface area contributed by atoms with Crippen molar-refractivity contribution in [1.29, 1.82) is 0 Å². The van der Waals surface area contributed by atoms with Crippen LogP contribution in [0.3, 0.4) is 0 Å². The highest BCUT2D eigenvalue weighted by molar-refractivity contribution is 5.78. The summed E-state index contributed by atoms with van der Waals surface area (Å²) in [5, 5.41) is 0. The Morgan fingerprint density at radius 3 is 3.00 bits per heavy atom. The van der Waals surface area contributed by atoms with Crippen molar-refractivity contribution in [3.8, 4) is 0 Å². The van der Waals surface area contributed by atoms with Gasteiger partial charge in [0.05, 0.1) is 11.0 Å². The molecule has 2 heterocycles. The lowest BCUT2D eigenvalue weighted by molar-refractivity contribution is 0.380. The third kappa shape index (κ3) is 1.89. The second-order valence-corrected chi connectivity index (χ2v) is 4.99. The van der Waals surface area contributed by atoms with E-state index >= 15 is 0 Å². The van der Waals surface area contributed by atoms with Crippen LogP contribution in [0.2, 0.25) is 0 Å². The first-order chi connectivity index (χ1) is 8.24. The van der Waals surface area contributed by atoms with Crippen LogP contribution in [0.4, 0.5) is 5.95 Å². The van der Waals surface area contributed by atoms with Gasteiger partial charge in [0.25, 0.3) is 0 Å². The van der Waals surface area contributed by atoms with E-state index in [0.29, 0.717) is 11.9 Å². The molecule has 1 atom stereocenters. The average Bonchev–Trinajstić information content (AvgIpc) is 2.85. The van der Waals surface area contributed by atoms with Gasteiger partial charge in [-0.25, -0.2) is 4.98 Å². The minimum atomic E-state index is 0.640. The zero-order chi connectivity index (χ0) is 11.8. The maximum atomic E-state index is 6.00. The molecule has 17 heavy (non-hydrogen) atoms. The van der Waals surface area contributed by atoms with Gasteiger partial charge in [-0.15, -0.1) is 0 Å². The molecule has 1 aromatic carbocycles. The predicted octanol–water partition coefficient (Wildman–Crippen LogP) is 1.57. The van der Waals surface area contributed by atoms with Crippen LogP contribution in [0.5, 0.6) is 0 Å². The van der Waals surface area contributed by atoms with E-state index in [1.54, 1.807) is 0 Å². The van der Waals surface area contributed by atoms with Crippen LogP contribution in [-0.2, 0) is 6.54 Å². The van der Waals surface area contributed by atoms with Crippen molar-refractivity contribution in [2.24, 2.45) is 5.92 Å². The molecule has 1 saturated heterocycles. The van der Waals surface area contributed by atoms with E-state index in [1.807, 2.05) is 18.2 Å². The maximum Gasteiger partial charge on any atom is 0.201 e. The number of para-hydroxylation sites is 2. The molecule has 0 bridgehead atoms. The van der Waals surface area contributed by atoms with Gasteiger partial charge in [0.2, 0.25) is 5.95 Å². The van der Waals surface area contributed by atoms with E-state index in [-0.39, 0.29) is 0 Å². The summed E-state index contributed by atoms with van der Waals surface area (Å²) in [5.41, 5.74) is 8.15. The zero-order valence-corrected chi connectivity index (χ0v) is 10.1. The number of hydrogen-bond donors (Lipinski definition) is 1. The molecule has 2 N–H and O–H groups in total. The Morgan fingerprint density at radius 1 is 1.41 bits per heavy atom. The van der Waals surface area contributed by atoms with E-state index in [0.717, 1.165) is 24.1 Å². The predicted molar refractivity (Wildman–Crippen MR) is 69.7 cm³/mol. The Labute approximate surface area is 101 Å². The minimum Gasteiger partial charge on any atom is -0.369 e. The molecule has 0 spiro atoms. The zero-order valence-electron chi connectivity index (χ0n) is 10.1. The number of fused-ring (bicyclic) bond motifs is 1. The summed E-state index contributed by atoms with van der Waals surface area (Å²) in [7, 11) is 2.18. The molecule has 90 valence electrons. The number of rotatable bonds is 2. The summed E-state index contributed by atoms with van der Waals surface area (Å²) in [6, 6.07) is 8.16. The van der Waals surface area contributed by atoms with Crippen molar-refractivity contribution in [2.75, 3.05) is 25.9 Å². The maximum absolute atomic E-state index is 6.00. The van der Waals surface area contributed by atoms with Crippen molar-refractivity contribution >= 4 is 17.0 Å². The molecule has 0 aliphatic carbocycles. The average molecular weight is 230 g/mol. The number of imidazole rings is 1. The number of benzene rings is 1. The first-order valence-electron chi connectivity index (χ1n) is 6.13. The molecule has 4 heteroatoms. The van der Waals surface area contributed by atoms with Crippen molar-refractivity contribution in [3.63, 3.8) is 0 Å². The third-order valence-electron chi connectivity index (χ3n) is 3.61. The lowest BCUT2D eigenvalue weighted by Gasteiger charge is -2.13. The van der Waals surface area contributed by atoms with Crippen LogP contribution >= 0.6 is 0 Å². The number of nitrogen functional groups attached to an aromatic ring is 1. The minimum absolute atomic E-state index is 0.640. The Morgan fingerprint density at radius 2 is 2.24 bits per heavy atom. The second kappa shape index (κ2) is 4.04. The van der Waals surface area contributed by atoms with Gasteiger partial charge in [0, 0.05) is 13.1 Å². The summed E-state index contributed by atoms with van der Waals surface area (Å²) >= 11 is 0. The standard InChI is InChI=1S/C13H18N4/c1-16-7-6-10(8-16)9-17-12-5-3-2-4-11(12)15-13(17)14/h2-5,10H,6-9H2,1H3,(H2,14,15). The van der Waals surface area contributed by atoms with Crippen molar-refractivity contribution in [2.45, 2.75) is 13.0 Å². The van der Waals surface area contributed by atoms with E-state index in [9.17, 15) is 0 Å². The lowest BCUT2D eigenvalue weighted by Crippen LogP contribution is -2.17. The van der Waals surface area contributed by atoms with E-state index in [2.05, 4.69) is 27.6 Å². The Kier molecular flexibility index (Phi) is 2.52. The van der Waals surface area contributed by atoms with Gasteiger partial charge in [-0.05, 0) is 38.1 Å². The van der Waals surface area contributed by atoms with Crippen LogP contribution in [0, 0.1) is 5.92 Å². The molecular weight excluding hydrogens is 212 g/mol. The first-order valence-corrected chi connectivity index (χ1v) is 6.13. The monoisotopic (exact) mass is 230 g/mol. The lowest BCUT2D eigenvalue weighted by atomic mass is 10.1. The highest BCUT2D eigenvalue weighted by atomic mass is 15.2. The molecule has 1 aliphatic rings. The smallest absolute Gasteiger partial charge is 0.201 e. The molecule has 1 fully saturated rings. The van der Waals surface area contributed by atoms with Gasteiger partial charge in [-0.3, -0.25) is 0 Å². The van der Waals surface area contributed by atoms with Crippen LogP contribution < -0.4 is 5.73 Å². The highest BCUT2D eigenvalue weighted by Gasteiger charge is 2.21. The number of likely N-dealkylation sites (tertiary alicyclic amines) is 1. The topological polar surface area (TPSA) is 47.1 Å². The number of aromatic nitrogens is 2. The number of hydrogen-bond acceptors (Lipinski definition) is 3. The van der Waals surface area contributed by atoms with Crippen LogP contribution in [0.1, 0.15) is 6.42 Å². The molecule has 3 rings (SSSR count). The molecule has 4 nitrogen and oxygen atoms in total. The van der Waals surface area contributed by atoms with Crippen LogP contribution in [-0.4, -0.2) is 34.6 Å². The SMILES string of the molecule is CN1CCC(Cn2c(N)nc3ccccc32)C1. The number of nitrogens with two attached hydrogens (primary N) is 1. The van der Waals surface area contributed by atoms with Gasteiger partial charge >= 0.3 is 0 Å². The molecule has 1 unspecified atom stereocenters. The quantitative estimate of drug-likeness (QED) is 0.852. The normalized spacial score (nSPS) is 21.4. The third-order valence-corrected chi connectivity index (χ3v) is 3.61. The second-order valence-electron chi connectivity index (χ2n) is 4.99. The van der Waals surface area contributed by atoms with Gasteiger partial charge in [-0.2, -0.15) is 0 Å². The van der Waals surface area contributed by atoms with Crippen LogP contribution in [0.15, 0.2) is 24.3 Å². The fourth-order valence-corrected chi connectivity index (χ4v) is 2.72. The summed E-state index contributed by atoms with van der Waals surface area (Å²) in [5.74, 6) is 1.33. The Bertz CT molecular complexity index is 531. The van der Waals surface area contributed by atoms with Gasteiger partial charge in [-0.1, -0.05) is 12.1 Å². The molecule has 1 aromatic heterocycles. The summed E-state index contributed by atoms with van der Waals surface area (Å²) in [6.07, 6.45) is 1.25. The Balaban J connectivity index is 1.91. The first kappa shape index (κ1) is 10.6. The summed E-state index contributed by atoms with van der Waals surface area (Å²) in [6.45, 7) is 3.33. The number of nitrogens with zero attached hydrogens (tertiary/aromatic N) is 3. The van der Waals surface area contributed by atoms with Gasteiger partial charge < -0.3 is 15.2 Å². The van der Waals surface area contributed by atoms with Crippen molar-refractivity contribution in [1.82, 2.24) is 14.5 Å². The van der Waals surface area contributed by atoms with E-state index in [4.69, 9.17) is 5.73 Å². The summed E-state index contributed by atoms with van der Waals surface area (Å²) < 4.78 is 2.15. The van der Waals surface area contributed by atoms with E-state index < -0.39 is 0 Å². The Hall–Kier alpha value is -1.55. The number of anilines is 1. The van der Waals surface area contributed by atoms with Crippen molar-refractivity contribution in [3.05, 3.63) is 24.3 Å². The molecule has 1 aliphatic heterocycles. The highest BCUT2D eigenvalue weighted by Crippen LogP contribution is 2.22. The fraction of sp³-hybridized carbons (Fsp3) is 0.462. The molecular formula is C13H18N4. The fourth-order valence-electron chi connectivity index (χ4n) is 2.72. The van der Waals surface area contributed by atoms with Gasteiger partial charge in [0.15, 0.2) is 0 Å². The van der Waals surface area contributed by atoms with Crippen LogP contribution in [0.25, 0.3) is 11.0 Å². The molecule has 0 amide bonds. The van der Waals surface area contributed by atoms with Gasteiger partial charge in [0.1, 0.15) is 0 Å². The molecule has 0 saturated carbocycles. The molecule has 2 aromatic rings. The summed E-state index contributed by atoms with van der Waals surface area (Å²) in [4.78, 5) is 6.78. The van der Waals surface area contributed by atoms with Crippen molar-refractivity contribution < 1.29 is 0 Å². The van der Waals surface area contributed by atoms with E-state index in [1.165, 1.54) is 13.0 Å². The molecule has 0 radical (unpaired) electrons. The largest absolute Gasteiger partial charge is 0.369 e.